The van der Waals surface area contributed by atoms with Crippen LogP contribution in [0.1, 0.15) is 29.3 Å². The maximum absolute atomic E-state index is 13.0. The van der Waals surface area contributed by atoms with Gasteiger partial charge >= 0.3 is 5.97 Å². The van der Waals surface area contributed by atoms with Gasteiger partial charge in [-0.25, -0.2) is 13.2 Å². The summed E-state index contributed by atoms with van der Waals surface area (Å²) in [5.74, 6) is -0.499. The van der Waals surface area contributed by atoms with E-state index < -0.39 is 16.0 Å². The van der Waals surface area contributed by atoms with Gasteiger partial charge in [-0.2, -0.15) is 4.31 Å². The predicted octanol–water partition coefficient (Wildman–Crippen LogP) is 1.64. The Kier molecular flexibility index (Phi) is 5.98. The lowest BCUT2D eigenvalue weighted by atomic mass is 10.0. The van der Waals surface area contributed by atoms with Crippen LogP contribution in [0.2, 0.25) is 0 Å². The number of carbonyl (C=O) groups is 3. The van der Waals surface area contributed by atoms with E-state index in [1.807, 2.05) is 0 Å². The summed E-state index contributed by atoms with van der Waals surface area (Å²) < 4.78 is 32.8. The van der Waals surface area contributed by atoms with E-state index in [4.69, 9.17) is 4.74 Å². The molecule has 168 valence electrons. The number of nitrogens with one attached hydrogen (secondary N) is 1. The molecule has 1 fully saturated rings. The average Bonchev–Trinajstić information content (AvgIpc) is 2.79. The van der Waals surface area contributed by atoms with Crippen molar-refractivity contribution in [2.24, 2.45) is 0 Å². The second-order valence-electron chi connectivity index (χ2n) is 7.69. The highest BCUT2D eigenvalue weighted by Crippen LogP contribution is 2.27. The van der Waals surface area contributed by atoms with E-state index in [2.05, 4.69) is 5.32 Å². The van der Waals surface area contributed by atoms with Crippen molar-refractivity contribution in [2.75, 3.05) is 31.5 Å². The van der Waals surface area contributed by atoms with Crippen LogP contribution >= 0.6 is 0 Å². The maximum Gasteiger partial charge on any atom is 0.343 e. The van der Waals surface area contributed by atoms with Gasteiger partial charge in [0.15, 0.2) is 0 Å². The summed E-state index contributed by atoms with van der Waals surface area (Å²) in [6.45, 7) is 2.51. The number of rotatable bonds is 4. The fourth-order valence-electron chi connectivity index (χ4n) is 3.77. The van der Waals surface area contributed by atoms with Gasteiger partial charge in [0, 0.05) is 45.2 Å². The number of esters is 1. The second-order valence-corrected chi connectivity index (χ2v) is 9.63. The summed E-state index contributed by atoms with van der Waals surface area (Å²) in [7, 11) is -3.81. The number of nitrogens with zero attached hydrogens (tertiary/aromatic N) is 2. The highest BCUT2D eigenvalue weighted by Gasteiger charge is 2.30. The summed E-state index contributed by atoms with van der Waals surface area (Å²) in [6, 6.07) is 10.7. The van der Waals surface area contributed by atoms with Crippen LogP contribution in [-0.4, -0.2) is 61.6 Å². The molecular weight excluding hydrogens is 434 g/mol. The van der Waals surface area contributed by atoms with Crippen molar-refractivity contribution >= 4 is 33.5 Å². The van der Waals surface area contributed by atoms with Crippen LogP contribution in [-0.2, 0) is 26.0 Å². The molecule has 4 rings (SSSR count). The molecule has 2 heterocycles. The number of hydrogen-bond acceptors (Lipinski definition) is 6. The van der Waals surface area contributed by atoms with Crippen LogP contribution in [0.3, 0.4) is 0 Å². The average molecular weight is 458 g/mol. The zero-order chi connectivity index (χ0) is 22.9. The van der Waals surface area contributed by atoms with Gasteiger partial charge in [0.1, 0.15) is 5.75 Å². The molecule has 9 nitrogen and oxygen atoms in total. The zero-order valence-electron chi connectivity index (χ0n) is 17.5. The summed E-state index contributed by atoms with van der Waals surface area (Å²) in [5.41, 5.74) is 1.68. The molecule has 0 saturated carbocycles. The van der Waals surface area contributed by atoms with Crippen molar-refractivity contribution in [3.8, 4) is 5.75 Å². The van der Waals surface area contributed by atoms with E-state index >= 15 is 0 Å². The summed E-state index contributed by atoms with van der Waals surface area (Å²) in [4.78, 5) is 37.2. The van der Waals surface area contributed by atoms with E-state index in [0.717, 1.165) is 5.56 Å². The zero-order valence-corrected chi connectivity index (χ0v) is 18.4. The van der Waals surface area contributed by atoms with Crippen molar-refractivity contribution < 1.29 is 27.5 Å². The summed E-state index contributed by atoms with van der Waals surface area (Å²) in [6.07, 6.45) is 0.919. The molecule has 2 aromatic rings. The fourth-order valence-corrected chi connectivity index (χ4v) is 5.23. The predicted molar refractivity (Wildman–Crippen MR) is 116 cm³/mol. The quantitative estimate of drug-likeness (QED) is 0.552. The van der Waals surface area contributed by atoms with E-state index in [1.54, 1.807) is 23.1 Å². The second kappa shape index (κ2) is 8.71. The molecule has 0 aromatic heterocycles. The number of ether oxygens (including phenoxy) is 1. The Morgan fingerprint density at radius 3 is 2.47 bits per heavy atom. The molecule has 10 heteroatoms. The molecular formula is C22H23N3O6S. The van der Waals surface area contributed by atoms with Gasteiger partial charge in [-0.1, -0.05) is 6.07 Å². The number of sulfonamides is 1. The molecule has 0 spiro atoms. The number of hydrogen-bond donors (Lipinski definition) is 1. The van der Waals surface area contributed by atoms with Gasteiger partial charge in [0.05, 0.1) is 10.5 Å². The SMILES string of the molecule is CC(=O)N1CCN(S(=O)(=O)c2cccc(C(=O)Oc3ccc4c(c3)CCC(=O)N4)c2)CC1. The number of amides is 2. The van der Waals surface area contributed by atoms with Gasteiger partial charge in [0.2, 0.25) is 21.8 Å². The van der Waals surface area contributed by atoms with Crippen molar-refractivity contribution in [1.29, 1.82) is 0 Å². The van der Waals surface area contributed by atoms with Gasteiger partial charge in [-0.3, -0.25) is 9.59 Å². The molecule has 0 radical (unpaired) electrons. The Labute approximate surface area is 186 Å². The number of anilines is 1. The van der Waals surface area contributed by atoms with E-state index in [1.165, 1.54) is 35.5 Å². The molecule has 1 saturated heterocycles. The molecule has 0 atom stereocenters. The first-order valence-electron chi connectivity index (χ1n) is 10.2. The van der Waals surface area contributed by atoms with E-state index in [0.29, 0.717) is 37.4 Å². The van der Waals surface area contributed by atoms with Crippen LogP contribution < -0.4 is 10.1 Å². The van der Waals surface area contributed by atoms with Gasteiger partial charge < -0.3 is 15.0 Å². The van der Waals surface area contributed by atoms with Gasteiger partial charge in [-0.15, -0.1) is 0 Å². The standard InChI is InChI=1S/C22H23N3O6S/c1-15(26)24-9-11-25(12-10-24)32(29,30)19-4-2-3-17(14-19)22(28)31-18-6-7-20-16(13-18)5-8-21(27)23-20/h2-4,6-7,13-14H,5,8-12H2,1H3,(H,23,27). The molecule has 0 unspecified atom stereocenters. The topological polar surface area (TPSA) is 113 Å². The van der Waals surface area contributed by atoms with Crippen LogP contribution in [0.15, 0.2) is 47.4 Å². The Balaban J connectivity index is 1.48. The molecule has 2 aromatic carbocycles. The third-order valence-electron chi connectivity index (χ3n) is 5.57. The van der Waals surface area contributed by atoms with Gasteiger partial charge in [-0.05, 0) is 48.4 Å². The number of aryl methyl sites for hydroxylation is 1. The molecule has 0 bridgehead atoms. The number of piperazine rings is 1. The number of benzene rings is 2. The highest BCUT2D eigenvalue weighted by atomic mass is 32.2. The molecule has 1 N–H and O–H groups in total. The fraction of sp³-hybridized carbons (Fsp3) is 0.318. The van der Waals surface area contributed by atoms with Gasteiger partial charge in [0.25, 0.3) is 0 Å². The van der Waals surface area contributed by atoms with Crippen molar-refractivity contribution in [1.82, 2.24) is 9.21 Å². The Hall–Kier alpha value is -3.24. The summed E-state index contributed by atoms with van der Waals surface area (Å²) in [5, 5.41) is 2.76. The smallest absolute Gasteiger partial charge is 0.343 e. The lowest BCUT2D eigenvalue weighted by Crippen LogP contribution is -2.49. The highest BCUT2D eigenvalue weighted by molar-refractivity contribution is 7.89. The minimum absolute atomic E-state index is 0.00335. The van der Waals surface area contributed by atoms with Crippen LogP contribution in [0.4, 0.5) is 5.69 Å². The van der Waals surface area contributed by atoms with E-state index in [9.17, 15) is 22.8 Å². The van der Waals surface area contributed by atoms with Crippen LogP contribution in [0, 0.1) is 0 Å². The lowest BCUT2D eigenvalue weighted by molar-refractivity contribution is -0.130. The minimum Gasteiger partial charge on any atom is -0.423 e. The molecule has 2 aliphatic rings. The lowest BCUT2D eigenvalue weighted by Gasteiger charge is -2.33. The first-order valence-corrected chi connectivity index (χ1v) is 11.7. The Morgan fingerprint density at radius 1 is 1.00 bits per heavy atom. The number of fused-ring (bicyclic) bond motifs is 1. The van der Waals surface area contributed by atoms with Crippen molar-refractivity contribution in [2.45, 2.75) is 24.7 Å². The Morgan fingerprint density at radius 2 is 1.75 bits per heavy atom. The van der Waals surface area contributed by atoms with Crippen molar-refractivity contribution in [3.63, 3.8) is 0 Å². The monoisotopic (exact) mass is 457 g/mol. The number of carbonyl (C=O) groups excluding carboxylic acids is 3. The third kappa shape index (κ3) is 4.51. The van der Waals surface area contributed by atoms with Crippen LogP contribution in [0.5, 0.6) is 5.75 Å². The molecule has 0 aliphatic carbocycles. The normalized spacial score (nSPS) is 16.8. The largest absolute Gasteiger partial charge is 0.423 e. The summed E-state index contributed by atoms with van der Waals surface area (Å²) >= 11 is 0. The Bertz CT molecular complexity index is 1190. The van der Waals surface area contributed by atoms with E-state index in [-0.39, 0.29) is 35.4 Å². The molecule has 2 aliphatic heterocycles. The van der Waals surface area contributed by atoms with Crippen molar-refractivity contribution in [3.05, 3.63) is 53.6 Å². The third-order valence-corrected chi connectivity index (χ3v) is 7.47. The first-order chi connectivity index (χ1) is 15.2. The maximum atomic E-state index is 13.0. The molecule has 2 amide bonds. The first kappa shape index (κ1) is 22.0. The van der Waals surface area contributed by atoms with Crippen LogP contribution in [0.25, 0.3) is 0 Å². The minimum atomic E-state index is -3.81. The molecule has 32 heavy (non-hydrogen) atoms.